The number of nitrogens with one attached hydrogen (secondary N) is 1. The van der Waals surface area contributed by atoms with Gasteiger partial charge in [0.1, 0.15) is 11.9 Å². The second-order valence-corrected chi connectivity index (χ2v) is 9.82. The summed E-state index contributed by atoms with van der Waals surface area (Å²) in [5, 5.41) is 3.06. The Morgan fingerprint density at radius 3 is 2.80 bits per heavy atom. The van der Waals surface area contributed by atoms with Gasteiger partial charge in [-0.05, 0) is 63.9 Å². The van der Waals surface area contributed by atoms with E-state index in [0.29, 0.717) is 16.8 Å². The van der Waals surface area contributed by atoms with E-state index >= 15 is 0 Å². The maximum absolute atomic E-state index is 14.0. The van der Waals surface area contributed by atoms with Crippen LogP contribution in [0.25, 0.3) is 5.70 Å². The van der Waals surface area contributed by atoms with Gasteiger partial charge in [-0.15, -0.1) is 0 Å². The third-order valence-corrected chi connectivity index (χ3v) is 7.30. The Kier molecular flexibility index (Phi) is 8.04. The summed E-state index contributed by atoms with van der Waals surface area (Å²) in [6, 6.07) is 4.27. The third-order valence-electron chi connectivity index (χ3n) is 6.58. The summed E-state index contributed by atoms with van der Waals surface area (Å²) in [6.45, 7) is 9.53. The summed E-state index contributed by atoms with van der Waals surface area (Å²) in [4.78, 5) is 21.5. The Labute approximate surface area is 215 Å². The molecule has 1 unspecified atom stereocenters. The molecule has 10 heteroatoms. The number of benzene rings is 1. The molecule has 2 aromatic rings. The quantitative estimate of drug-likeness (QED) is 0.470. The smallest absolute Gasteiger partial charge is 0.322 e. The van der Waals surface area contributed by atoms with Crippen LogP contribution in [0.1, 0.15) is 49.8 Å². The van der Waals surface area contributed by atoms with Gasteiger partial charge in [0.15, 0.2) is 11.6 Å². The number of halogens is 3. The highest BCUT2D eigenvalue weighted by atomic mass is 35.5. The lowest BCUT2D eigenvalue weighted by Gasteiger charge is -2.29. The van der Waals surface area contributed by atoms with Gasteiger partial charge in [-0.2, -0.15) is 0 Å². The number of hydrogen-bond acceptors (Lipinski definition) is 5. The minimum atomic E-state index is -0.705. The van der Waals surface area contributed by atoms with Gasteiger partial charge in [0, 0.05) is 47.2 Å². The van der Waals surface area contributed by atoms with Crippen molar-refractivity contribution in [3.05, 3.63) is 58.0 Å². The molecule has 2 fully saturated rings. The summed E-state index contributed by atoms with van der Waals surface area (Å²) < 4.78 is 19.9. The largest absolute Gasteiger partial charge is 0.482 e. The highest BCUT2D eigenvalue weighted by Gasteiger charge is 2.31. The number of ether oxygens (including phenoxy) is 1. The lowest BCUT2D eigenvalue weighted by atomic mass is 10.1. The number of urea groups is 1. The molecule has 0 aliphatic carbocycles. The SMILES string of the molecule is C=C(NC(=O)N1CCC[C@H]1CN1CCCC1)c1cnc(N)c(OC(C)c2c(Cl)ccc(F)c2Cl)c1. The maximum atomic E-state index is 14.0. The molecular weight excluding hydrogens is 492 g/mol. The van der Waals surface area contributed by atoms with Crippen LogP contribution in [0.2, 0.25) is 10.0 Å². The molecule has 4 rings (SSSR count). The topological polar surface area (TPSA) is 83.7 Å². The Morgan fingerprint density at radius 2 is 2.06 bits per heavy atom. The molecule has 0 bridgehead atoms. The van der Waals surface area contributed by atoms with E-state index in [-0.39, 0.29) is 33.7 Å². The van der Waals surface area contributed by atoms with Gasteiger partial charge in [0.25, 0.3) is 0 Å². The number of nitrogens with two attached hydrogens (primary N) is 1. The number of carbonyl (C=O) groups is 1. The van der Waals surface area contributed by atoms with E-state index in [1.165, 1.54) is 31.2 Å². The highest BCUT2D eigenvalue weighted by molar-refractivity contribution is 6.36. The van der Waals surface area contributed by atoms with Crippen LogP contribution in [-0.2, 0) is 0 Å². The standard InChI is InChI=1S/C25H30Cl2FN5O2/c1-15(31-25(34)33-11-5-6-18(33)14-32-9-3-4-10-32)17-12-21(24(29)30-13-17)35-16(2)22-19(26)7-8-20(28)23(22)27/h7-8,12-13,16,18H,1,3-6,9-11,14H2,2H3,(H2,29,30)(H,31,34)/t16?,18-/m0/s1. The summed E-state index contributed by atoms with van der Waals surface area (Å²) in [5.74, 6) is -0.217. The van der Waals surface area contributed by atoms with Gasteiger partial charge in [0.05, 0.1) is 5.02 Å². The highest BCUT2D eigenvalue weighted by Crippen LogP contribution is 2.36. The van der Waals surface area contributed by atoms with Crippen LogP contribution in [0.5, 0.6) is 5.75 Å². The zero-order valence-corrected chi connectivity index (χ0v) is 21.2. The van der Waals surface area contributed by atoms with E-state index < -0.39 is 11.9 Å². The van der Waals surface area contributed by atoms with Crippen LogP contribution in [0, 0.1) is 5.82 Å². The molecule has 2 aliphatic rings. The maximum Gasteiger partial charge on any atom is 0.322 e. The Bertz CT molecular complexity index is 1110. The number of aromatic nitrogens is 1. The van der Waals surface area contributed by atoms with E-state index in [9.17, 15) is 9.18 Å². The Balaban J connectivity index is 1.44. The number of nitrogens with zero attached hydrogens (tertiary/aromatic N) is 3. The van der Waals surface area contributed by atoms with Crippen molar-refractivity contribution in [1.29, 1.82) is 0 Å². The van der Waals surface area contributed by atoms with Crippen LogP contribution in [0.15, 0.2) is 31.0 Å². The van der Waals surface area contributed by atoms with Crippen LogP contribution < -0.4 is 15.8 Å². The predicted octanol–water partition coefficient (Wildman–Crippen LogP) is 5.49. The summed E-state index contributed by atoms with van der Waals surface area (Å²) in [6.07, 6.45) is 5.25. The van der Waals surface area contributed by atoms with E-state index in [4.69, 9.17) is 33.7 Å². The first-order valence-corrected chi connectivity index (χ1v) is 12.5. The van der Waals surface area contributed by atoms with Crippen molar-refractivity contribution >= 4 is 40.7 Å². The molecule has 2 aliphatic heterocycles. The lowest BCUT2D eigenvalue weighted by molar-refractivity contribution is 0.178. The molecule has 188 valence electrons. The van der Waals surface area contributed by atoms with Crippen LogP contribution >= 0.6 is 23.2 Å². The molecule has 1 aromatic carbocycles. The van der Waals surface area contributed by atoms with Gasteiger partial charge < -0.3 is 25.6 Å². The van der Waals surface area contributed by atoms with E-state index in [0.717, 1.165) is 39.0 Å². The zero-order valence-electron chi connectivity index (χ0n) is 19.7. The number of rotatable bonds is 7. The first kappa shape index (κ1) is 25.5. The van der Waals surface area contributed by atoms with Gasteiger partial charge in [-0.25, -0.2) is 14.2 Å². The van der Waals surface area contributed by atoms with Crippen molar-refractivity contribution in [3.8, 4) is 5.75 Å². The number of anilines is 1. The van der Waals surface area contributed by atoms with Crippen molar-refractivity contribution in [2.75, 3.05) is 31.9 Å². The molecule has 0 radical (unpaired) electrons. The van der Waals surface area contributed by atoms with Crippen molar-refractivity contribution < 1.29 is 13.9 Å². The number of nitrogen functional groups attached to an aromatic ring is 1. The molecule has 0 saturated carbocycles. The summed E-state index contributed by atoms with van der Waals surface area (Å²) in [7, 11) is 0. The van der Waals surface area contributed by atoms with E-state index in [1.54, 1.807) is 13.0 Å². The fraction of sp³-hybridized carbons (Fsp3) is 0.440. The number of carbonyl (C=O) groups excluding carboxylic acids is 1. The summed E-state index contributed by atoms with van der Waals surface area (Å²) in [5.41, 5.74) is 7.25. The molecule has 0 spiro atoms. The number of likely N-dealkylation sites (tertiary alicyclic amines) is 2. The van der Waals surface area contributed by atoms with Gasteiger partial charge in [-0.1, -0.05) is 29.8 Å². The molecule has 1 aromatic heterocycles. The summed E-state index contributed by atoms with van der Waals surface area (Å²) >= 11 is 12.3. The fourth-order valence-corrected chi connectivity index (χ4v) is 5.39. The minimum Gasteiger partial charge on any atom is -0.482 e. The monoisotopic (exact) mass is 521 g/mol. The molecular formula is C25H30Cl2FN5O2. The zero-order chi connectivity index (χ0) is 25.1. The van der Waals surface area contributed by atoms with E-state index in [1.807, 2.05) is 4.90 Å². The second-order valence-electron chi connectivity index (χ2n) is 9.03. The molecule has 2 atom stereocenters. The molecule has 3 N–H and O–H groups in total. The van der Waals surface area contributed by atoms with Gasteiger partial charge in [-0.3, -0.25) is 0 Å². The predicted molar refractivity (Wildman–Crippen MR) is 137 cm³/mol. The molecule has 7 nitrogen and oxygen atoms in total. The van der Waals surface area contributed by atoms with Crippen molar-refractivity contribution in [3.63, 3.8) is 0 Å². The average Bonchev–Trinajstić information content (AvgIpc) is 3.50. The average molecular weight is 522 g/mol. The fourth-order valence-electron chi connectivity index (χ4n) is 4.71. The van der Waals surface area contributed by atoms with Crippen molar-refractivity contribution in [2.45, 2.75) is 44.8 Å². The van der Waals surface area contributed by atoms with Crippen LogP contribution in [0.3, 0.4) is 0 Å². The Morgan fingerprint density at radius 1 is 1.31 bits per heavy atom. The normalized spacial score (nSPS) is 19.1. The number of pyridine rings is 1. The second kappa shape index (κ2) is 11.0. The molecule has 2 amide bonds. The molecule has 2 saturated heterocycles. The van der Waals surface area contributed by atoms with Gasteiger partial charge in [0.2, 0.25) is 0 Å². The first-order valence-electron chi connectivity index (χ1n) is 11.8. The van der Waals surface area contributed by atoms with Crippen molar-refractivity contribution in [1.82, 2.24) is 20.1 Å². The third kappa shape index (κ3) is 5.82. The van der Waals surface area contributed by atoms with Crippen LogP contribution in [0.4, 0.5) is 15.0 Å². The van der Waals surface area contributed by atoms with Crippen molar-refractivity contribution in [2.24, 2.45) is 0 Å². The number of amides is 2. The van der Waals surface area contributed by atoms with E-state index in [2.05, 4.69) is 21.8 Å². The molecule has 35 heavy (non-hydrogen) atoms. The lowest BCUT2D eigenvalue weighted by Crippen LogP contribution is -2.46. The first-order chi connectivity index (χ1) is 16.7. The van der Waals surface area contributed by atoms with Gasteiger partial charge >= 0.3 is 6.03 Å². The number of hydrogen-bond donors (Lipinski definition) is 2. The molecule has 3 heterocycles. The Hall–Kier alpha value is -2.55. The minimum absolute atomic E-state index is 0.113. The van der Waals surface area contributed by atoms with Crippen LogP contribution in [-0.4, -0.2) is 53.0 Å².